The third-order valence-corrected chi connectivity index (χ3v) is 5.82. The van der Waals surface area contributed by atoms with Crippen LogP contribution in [0.3, 0.4) is 0 Å². The molecule has 7 nitrogen and oxygen atoms in total. The van der Waals surface area contributed by atoms with Gasteiger partial charge in [-0.1, -0.05) is 50.9 Å². The Labute approximate surface area is 187 Å². The van der Waals surface area contributed by atoms with Gasteiger partial charge in [0.25, 0.3) is 0 Å². The zero-order valence-electron chi connectivity index (χ0n) is 17.9. The van der Waals surface area contributed by atoms with Gasteiger partial charge in [-0.25, -0.2) is 0 Å². The molecule has 2 N–H and O–H groups in total. The van der Waals surface area contributed by atoms with Gasteiger partial charge in [0, 0.05) is 23.4 Å². The van der Waals surface area contributed by atoms with Gasteiger partial charge in [-0.3, -0.25) is 14.0 Å². The first-order valence-corrected chi connectivity index (χ1v) is 12.0. The second-order valence-corrected chi connectivity index (χ2v) is 8.80. The number of ether oxygens (including phenoxy) is 1. The number of unbranched alkanes of at least 4 members (excludes halogenated alkanes) is 3. The maximum atomic E-state index is 12.5. The standard InChI is InChI=1S/C21H33N3O4S2/c1-4-5-6-7-8-15(2)22-20(25)14-16-9-12-19(28-3)18(13-16)21(29)24(17-10-11-17)23-30(26)27/h9,12-13,15,17,23H,4-8,10-11,14H2,1-3H3,(H,22,25)(H,26,27)/p-1. The van der Waals surface area contributed by atoms with Crippen molar-refractivity contribution in [1.82, 2.24) is 15.2 Å². The SMILES string of the molecule is CCCCCCC(C)NC(=O)Cc1ccc(OC)c(C(=S)N(NS(=O)[O-])C2CC2)c1. The first kappa shape index (κ1) is 24.7. The van der Waals surface area contributed by atoms with Crippen molar-refractivity contribution >= 4 is 34.4 Å². The van der Waals surface area contributed by atoms with Gasteiger partial charge in [0.15, 0.2) is 0 Å². The van der Waals surface area contributed by atoms with Crippen LogP contribution in [-0.4, -0.2) is 43.9 Å². The molecular formula is C21H32N3O4S2-. The highest BCUT2D eigenvalue weighted by atomic mass is 32.2. The van der Waals surface area contributed by atoms with Crippen molar-refractivity contribution in [3.63, 3.8) is 0 Å². The predicted octanol–water partition coefficient (Wildman–Crippen LogP) is 3.15. The van der Waals surface area contributed by atoms with Gasteiger partial charge in [0.05, 0.1) is 19.1 Å². The lowest BCUT2D eigenvalue weighted by atomic mass is 10.0. The fourth-order valence-corrected chi connectivity index (χ4v) is 4.13. The van der Waals surface area contributed by atoms with Crippen molar-refractivity contribution in [3.8, 4) is 5.75 Å². The molecule has 0 heterocycles. The largest absolute Gasteiger partial charge is 0.759 e. The monoisotopic (exact) mass is 454 g/mol. The lowest BCUT2D eigenvalue weighted by Gasteiger charge is -2.27. The van der Waals surface area contributed by atoms with E-state index < -0.39 is 11.3 Å². The van der Waals surface area contributed by atoms with Crippen LogP contribution in [0.15, 0.2) is 18.2 Å². The van der Waals surface area contributed by atoms with Gasteiger partial charge in [0.2, 0.25) is 5.91 Å². The number of carbonyl (C=O) groups excluding carboxylic acids is 1. The molecule has 1 amide bonds. The van der Waals surface area contributed by atoms with E-state index in [0.717, 1.165) is 31.2 Å². The maximum Gasteiger partial charge on any atom is 0.224 e. The van der Waals surface area contributed by atoms with Gasteiger partial charge >= 0.3 is 0 Å². The van der Waals surface area contributed by atoms with E-state index in [9.17, 15) is 13.6 Å². The van der Waals surface area contributed by atoms with Gasteiger partial charge in [0.1, 0.15) is 10.7 Å². The molecule has 2 unspecified atom stereocenters. The zero-order chi connectivity index (χ0) is 22.1. The number of carbonyl (C=O) groups is 1. The van der Waals surface area contributed by atoms with E-state index in [2.05, 4.69) is 17.1 Å². The summed E-state index contributed by atoms with van der Waals surface area (Å²) >= 11 is 3.08. The van der Waals surface area contributed by atoms with E-state index in [1.807, 2.05) is 13.0 Å². The molecule has 1 aromatic carbocycles. The smallest absolute Gasteiger partial charge is 0.224 e. The molecule has 0 aliphatic heterocycles. The van der Waals surface area contributed by atoms with E-state index in [4.69, 9.17) is 17.0 Å². The lowest BCUT2D eigenvalue weighted by molar-refractivity contribution is -0.121. The molecule has 1 aliphatic carbocycles. The molecule has 1 fully saturated rings. The normalized spacial score (nSPS) is 15.3. The van der Waals surface area contributed by atoms with E-state index in [1.165, 1.54) is 31.4 Å². The highest BCUT2D eigenvalue weighted by molar-refractivity contribution is 7.81. The van der Waals surface area contributed by atoms with Crippen LogP contribution >= 0.6 is 12.2 Å². The van der Waals surface area contributed by atoms with Crippen molar-refractivity contribution in [3.05, 3.63) is 29.3 Å². The summed E-state index contributed by atoms with van der Waals surface area (Å²) in [4.78, 5) is 15.2. The van der Waals surface area contributed by atoms with Gasteiger partial charge < -0.3 is 14.6 Å². The van der Waals surface area contributed by atoms with Crippen LogP contribution in [0.25, 0.3) is 0 Å². The van der Waals surface area contributed by atoms with E-state index in [0.29, 0.717) is 16.3 Å². The Balaban J connectivity index is 2.03. The first-order valence-electron chi connectivity index (χ1n) is 10.5. The number of methoxy groups -OCH3 is 1. The van der Waals surface area contributed by atoms with Crippen LogP contribution in [-0.2, 0) is 22.5 Å². The van der Waals surface area contributed by atoms with Crippen molar-refractivity contribution < 1.29 is 18.3 Å². The van der Waals surface area contributed by atoms with Gasteiger partial charge in [-0.05, 0) is 43.9 Å². The fourth-order valence-electron chi connectivity index (χ4n) is 3.32. The van der Waals surface area contributed by atoms with Gasteiger partial charge in [-0.15, -0.1) is 0 Å². The number of hydrogen-bond acceptors (Lipinski definition) is 5. The molecule has 0 spiro atoms. The highest BCUT2D eigenvalue weighted by Gasteiger charge is 2.32. The Kier molecular flexibility index (Phi) is 10.2. The molecule has 0 aromatic heterocycles. The number of nitrogens with zero attached hydrogens (tertiary/aromatic N) is 1. The van der Waals surface area contributed by atoms with Crippen LogP contribution in [0.5, 0.6) is 5.75 Å². The van der Waals surface area contributed by atoms with E-state index in [1.54, 1.807) is 12.1 Å². The number of benzene rings is 1. The summed E-state index contributed by atoms with van der Waals surface area (Å²) < 4.78 is 27.7. The summed E-state index contributed by atoms with van der Waals surface area (Å²) in [6, 6.07) is 5.57. The molecule has 168 valence electrons. The molecule has 1 aliphatic rings. The Hall–Kier alpha value is -1.55. The molecule has 9 heteroatoms. The lowest BCUT2D eigenvalue weighted by Crippen LogP contribution is -2.44. The summed E-state index contributed by atoms with van der Waals surface area (Å²) in [5.41, 5.74) is 1.39. The molecule has 0 bridgehead atoms. The summed E-state index contributed by atoms with van der Waals surface area (Å²) in [5, 5.41) is 4.54. The Morgan fingerprint density at radius 2 is 2.10 bits per heavy atom. The van der Waals surface area contributed by atoms with Crippen LogP contribution in [0.1, 0.15) is 69.9 Å². The minimum absolute atomic E-state index is 0.0422. The molecule has 2 atom stereocenters. The van der Waals surface area contributed by atoms with Gasteiger partial charge in [-0.2, -0.15) is 4.83 Å². The average molecular weight is 455 g/mol. The van der Waals surface area contributed by atoms with E-state index in [-0.39, 0.29) is 24.4 Å². The van der Waals surface area contributed by atoms with Crippen molar-refractivity contribution in [2.75, 3.05) is 7.11 Å². The molecule has 0 saturated heterocycles. The van der Waals surface area contributed by atoms with Crippen molar-refractivity contribution in [1.29, 1.82) is 0 Å². The number of hydrogen-bond donors (Lipinski definition) is 2. The first-order chi connectivity index (χ1) is 14.3. The average Bonchev–Trinajstić information content (AvgIpc) is 3.53. The summed E-state index contributed by atoms with van der Waals surface area (Å²) in [6.07, 6.45) is 7.65. The predicted molar refractivity (Wildman–Crippen MR) is 122 cm³/mol. The summed E-state index contributed by atoms with van der Waals surface area (Å²) in [5.74, 6) is 0.496. The minimum Gasteiger partial charge on any atom is -0.759 e. The second-order valence-electron chi connectivity index (χ2n) is 7.76. The third-order valence-electron chi connectivity index (χ3n) is 5.06. The third kappa shape index (κ3) is 7.94. The number of rotatable bonds is 13. The maximum absolute atomic E-state index is 12.5. The van der Waals surface area contributed by atoms with Crippen molar-refractivity contribution in [2.45, 2.75) is 77.3 Å². The number of thiocarbonyl (C=S) groups is 1. The molecule has 2 rings (SSSR count). The number of amides is 1. The zero-order valence-corrected chi connectivity index (χ0v) is 19.6. The Morgan fingerprint density at radius 3 is 2.70 bits per heavy atom. The molecule has 0 radical (unpaired) electrons. The van der Waals surface area contributed by atoms with Crippen LogP contribution < -0.4 is 14.9 Å². The Morgan fingerprint density at radius 1 is 1.37 bits per heavy atom. The number of hydrazine groups is 1. The highest BCUT2D eigenvalue weighted by Crippen LogP contribution is 2.30. The summed E-state index contributed by atoms with van der Waals surface area (Å²) in [6.45, 7) is 4.21. The summed E-state index contributed by atoms with van der Waals surface area (Å²) in [7, 11) is 1.54. The topological polar surface area (TPSA) is 93.7 Å². The van der Waals surface area contributed by atoms with Crippen LogP contribution in [0.4, 0.5) is 0 Å². The minimum atomic E-state index is -2.47. The molecule has 1 aromatic rings. The fraction of sp³-hybridized carbons (Fsp3) is 0.619. The van der Waals surface area contributed by atoms with Crippen LogP contribution in [0, 0.1) is 0 Å². The van der Waals surface area contributed by atoms with Crippen molar-refractivity contribution in [2.24, 2.45) is 0 Å². The molecule has 30 heavy (non-hydrogen) atoms. The van der Waals surface area contributed by atoms with Crippen LogP contribution in [0.2, 0.25) is 0 Å². The molecular weight excluding hydrogens is 422 g/mol. The second kappa shape index (κ2) is 12.3. The quantitative estimate of drug-likeness (QED) is 0.206. The Bertz CT molecular complexity index is 756. The van der Waals surface area contributed by atoms with E-state index >= 15 is 0 Å². The molecule has 1 saturated carbocycles. The number of nitrogens with one attached hydrogen (secondary N) is 2.